The van der Waals surface area contributed by atoms with Crippen molar-refractivity contribution in [3.8, 4) is 0 Å². The van der Waals surface area contributed by atoms with E-state index in [9.17, 15) is 9.59 Å². The summed E-state index contributed by atoms with van der Waals surface area (Å²) in [5.74, 6) is -0.755. The van der Waals surface area contributed by atoms with Crippen molar-refractivity contribution in [2.75, 3.05) is 45.8 Å². The molecule has 1 saturated heterocycles. The maximum absolute atomic E-state index is 11.5. The lowest BCUT2D eigenvalue weighted by atomic mass is 10.3. The van der Waals surface area contributed by atoms with Gasteiger partial charge in [-0.25, -0.2) is 0 Å². The Morgan fingerprint density at radius 3 is 2.39 bits per heavy atom. The fourth-order valence-corrected chi connectivity index (χ4v) is 1.87. The van der Waals surface area contributed by atoms with Crippen LogP contribution in [0.4, 0.5) is 0 Å². The zero-order valence-corrected chi connectivity index (χ0v) is 10.6. The zero-order chi connectivity index (χ0) is 13.4. The average molecular weight is 255 g/mol. The van der Waals surface area contributed by atoms with Crippen LogP contribution in [0.1, 0.15) is 6.42 Å². The number of rotatable bonds is 7. The molecule has 0 aromatic rings. The van der Waals surface area contributed by atoms with Crippen molar-refractivity contribution in [3.63, 3.8) is 0 Å². The summed E-state index contributed by atoms with van der Waals surface area (Å²) in [5, 5.41) is 11.3. The molecular formula is C12H21N3O3. The SMILES string of the molecule is C=CCNC(=O)CN1CCN(CCC(=O)O)CC1. The molecule has 0 saturated carbocycles. The van der Waals surface area contributed by atoms with Crippen molar-refractivity contribution in [2.24, 2.45) is 0 Å². The summed E-state index contributed by atoms with van der Waals surface area (Å²) in [5.41, 5.74) is 0. The number of aliphatic carboxylic acids is 1. The number of carbonyl (C=O) groups excluding carboxylic acids is 1. The third kappa shape index (κ3) is 5.79. The molecular weight excluding hydrogens is 234 g/mol. The molecule has 0 radical (unpaired) electrons. The summed E-state index contributed by atoms with van der Waals surface area (Å²) >= 11 is 0. The summed E-state index contributed by atoms with van der Waals surface area (Å²) in [6.07, 6.45) is 1.83. The van der Waals surface area contributed by atoms with Crippen LogP contribution in [0.2, 0.25) is 0 Å². The molecule has 0 aliphatic carbocycles. The van der Waals surface area contributed by atoms with E-state index in [0.717, 1.165) is 26.2 Å². The van der Waals surface area contributed by atoms with Crippen LogP contribution in [0.25, 0.3) is 0 Å². The van der Waals surface area contributed by atoms with Crippen molar-refractivity contribution in [1.82, 2.24) is 15.1 Å². The third-order valence-electron chi connectivity index (χ3n) is 2.92. The Morgan fingerprint density at radius 2 is 1.83 bits per heavy atom. The second kappa shape index (κ2) is 7.84. The summed E-state index contributed by atoms with van der Waals surface area (Å²) < 4.78 is 0. The minimum absolute atomic E-state index is 0.00823. The van der Waals surface area contributed by atoms with E-state index in [1.54, 1.807) is 6.08 Å². The number of carboxylic acids is 1. The summed E-state index contributed by atoms with van der Waals surface area (Å²) in [7, 11) is 0. The van der Waals surface area contributed by atoms with E-state index in [-0.39, 0.29) is 12.3 Å². The van der Waals surface area contributed by atoms with Crippen LogP contribution >= 0.6 is 0 Å². The van der Waals surface area contributed by atoms with E-state index in [0.29, 0.717) is 19.6 Å². The number of hydrogen-bond acceptors (Lipinski definition) is 4. The lowest BCUT2D eigenvalue weighted by molar-refractivity contribution is -0.137. The van der Waals surface area contributed by atoms with Gasteiger partial charge in [-0.1, -0.05) is 6.08 Å². The lowest BCUT2D eigenvalue weighted by Gasteiger charge is -2.33. The molecule has 1 aliphatic heterocycles. The zero-order valence-electron chi connectivity index (χ0n) is 10.6. The molecule has 1 rings (SSSR count). The molecule has 0 aromatic heterocycles. The Kier molecular flexibility index (Phi) is 6.38. The second-order valence-electron chi connectivity index (χ2n) is 4.35. The van der Waals surface area contributed by atoms with Crippen LogP contribution in [-0.4, -0.2) is 72.6 Å². The summed E-state index contributed by atoms with van der Waals surface area (Å²) in [4.78, 5) is 26.1. The molecule has 1 heterocycles. The molecule has 0 bridgehead atoms. The topological polar surface area (TPSA) is 72.9 Å². The minimum Gasteiger partial charge on any atom is -0.481 e. The number of amides is 1. The molecule has 0 atom stereocenters. The van der Waals surface area contributed by atoms with Gasteiger partial charge in [-0.3, -0.25) is 14.5 Å². The number of carboxylic acid groups (broad SMARTS) is 1. The Morgan fingerprint density at radius 1 is 1.22 bits per heavy atom. The van der Waals surface area contributed by atoms with E-state index in [4.69, 9.17) is 5.11 Å². The van der Waals surface area contributed by atoms with E-state index in [1.165, 1.54) is 0 Å². The fourth-order valence-electron chi connectivity index (χ4n) is 1.87. The first kappa shape index (κ1) is 14.7. The molecule has 0 spiro atoms. The maximum atomic E-state index is 11.5. The van der Waals surface area contributed by atoms with Crippen LogP contribution in [0.15, 0.2) is 12.7 Å². The number of nitrogens with one attached hydrogen (secondary N) is 1. The maximum Gasteiger partial charge on any atom is 0.304 e. The molecule has 6 heteroatoms. The predicted molar refractivity (Wildman–Crippen MR) is 68.3 cm³/mol. The predicted octanol–water partition coefficient (Wildman–Crippen LogP) is -0.619. The lowest BCUT2D eigenvalue weighted by Crippen LogP contribution is -2.49. The van der Waals surface area contributed by atoms with E-state index < -0.39 is 5.97 Å². The fraction of sp³-hybridized carbons (Fsp3) is 0.667. The third-order valence-corrected chi connectivity index (χ3v) is 2.92. The number of hydrogen-bond donors (Lipinski definition) is 2. The summed E-state index contributed by atoms with van der Waals surface area (Å²) in [6.45, 7) is 8.29. The van der Waals surface area contributed by atoms with Gasteiger partial charge in [0.05, 0.1) is 13.0 Å². The van der Waals surface area contributed by atoms with Crippen LogP contribution in [0, 0.1) is 0 Å². The highest BCUT2D eigenvalue weighted by Gasteiger charge is 2.18. The van der Waals surface area contributed by atoms with Crippen molar-refractivity contribution >= 4 is 11.9 Å². The van der Waals surface area contributed by atoms with Crippen LogP contribution < -0.4 is 5.32 Å². The van der Waals surface area contributed by atoms with E-state index in [2.05, 4.69) is 21.7 Å². The van der Waals surface area contributed by atoms with Crippen molar-refractivity contribution in [2.45, 2.75) is 6.42 Å². The van der Waals surface area contributed by atoms with Gasteiger partial charge < -0.3 is 15.3 Å². The van der Waals surface area contributed by atoms with Crippen molar-refractivity contribution < 1.29 is 14.7 Å². The summed E-state index contributed by atoms with van der Waals surface area (Å²) in [6, 6.07) is 0. The molecule has 0 aromatic carbocycles. The first-order valence-electron chi connectivity index (χ1n) is 6.16. The highest BCUT2D eigenvalue weighted by atomic mass is 16.4. The Bertz CT molecular complexity index is 299. The second-order valence-corrected chi connectivity index (χ2v) is 4.35. The Balaban J connectivity index is 2.16. The molecule has 0 unspecified atom stereocenters. The van der Waals surface area contributed by atoms with Gasteiger partial charge in [-0.2, -0.15) is 0 Å². The Hall–Kier alpha value is -1.40. The first-order valence-corrected chi connectivity index (χ1v) is 6.16. The van der Waals surface area contributed by atoms with Gasteiger partial charge in [0, 0.05) is 39.3 Å². The molecule has 2 N–H and O–H groups in total. The van der Waals surface area contributed by atoms with Crippen LogP contribution in [-0.2, 0) is 9.59 Å². The monoisotopic (exact) mass is 255 g/mol. The highest BCUT2D eigenvalue weighted by molar-refractivity contribution is 5.78. The molecule has 1 fully saturated rings. The Labute approximate surface area is 107 Å². The average Bonchev–Trinajstić information content (AvgIpc) is 2.35. The normalized spacial score (nSPS) is 17.3. The number of piperazine rings is 1. The van der Waals surface area contributed by atoms with Gasteiger partial charge in [0.15, 0.2) is 0 Å². The largest absolute Gasteiger partial charge is 0.481 e. The van der Waals surface area contributed by atoms with Gasteiger partial charge in [-0.15, -0.1) is 6.58 Å². The van der Waals surface area contributed by atoms with Crippen LogP contribution in [0.3, 0.4) is 0 Å². The minimum atomic E-state index is -0.763. The van der Waals surface area contributed by atoms with Gasteiger partial charge in [0.25, 0.3) is 0 Å². The van der Waals surface area contributed by atoms with E-state index >= 15 is 0 Å². The number of nitrogens with zero attached hydrogens (tertiary/aromatic N) is 2. The molecule has 1 aliphatic rings. The van der Waals surface area contributed by atoms with E-state index in [1.807, 2.05) is 0 Å². The van der Waals surface area contributed by atoms with Crippen molar-refractivity contribution in [1.29, 1.82) is 0 Å². The van der Waals surface area contributed by atoms with Gasteiger partial charge >= 0.3 is 5.97 Å². The number of carbonyl (C=O) groups is 2. The van der Waals surface area contributed by atoms with Crippen molar-refractivity contribution in [3.05, 3.63) is 12.7 Å². The van der Waals surface area contributed by atoms with Crippen LogP contribution in [0.5, 0.6) is 0 Å². The first-order chi connectivity index (χ1) is 8.61. The molecule has 6 nitrogen and oxygen atoms in total. The van der Waals surface area contributed by atoms with Gasteiger partial charge in [0.1, 0.15) is 0 Å². The molecule has 18 heavy (non-hydrogen) atoms. The van der Waals surface area contributed by atoms with Gasteiger partial charge in [0.2, 0.25) is 5.91 Å². The smallest absolute Gasteiger partial charge is 0.304 e. The standard InChI is InChI=1S/C12H21N3O3/c1-2-4-13-11(16)10-15-8-6-14(7-9-15)5-3-12(17)18/h2H,1,3-10H2,(H,13,16)(H,17,18). The molecule has 1 amide bonds. The van der Waals surface area contributed by atoms with Gasteiger partial charge in [-0.05, 0) is 0 Å². The quantitative estimate of drug-likeness (QED) is 0.593. The molecule has 102 valence electrons. The highest BCUT2D eigenvalue weighted by Crippen LogP contribution is 2.02.